The molecule has 6 nitrogen and oxygen atoms in total. The maximum atomic E-state index is 13.0. The van der Waals surface area contributed by atoms with E-state index in [1.54, 1.807) is 0 Å². The highest BCUT2D eigenvalue weighted by Gasteiger charge is 2.68. The number of carbonyl (C=O) groups excluding carboxylic acids is 2. The summed E-state index contributed by atoms with van der Waals surface area (Å²) in [5.74, 6) is -9.58. The third-order valence-electron chi connectivity index (χ3n) is 4.50. The Balaban J connectivity index is 1.71. The van der Waals surface area contributed by atoms with Crippen LogP contribution in [0, 0.1) is 23.7 Å². The third-order valence-corrected chi connectivity index (χ3v) is 6.14. The third kappa shape index (κ3) is 2.11. The van der Waals surface area contributed by atoms with Gasteiger partial charge in [0.1, 0.15) is 6.10 Å². The van der Waals surface area contributed by atoms with Crippen molar-refractivity contribution in [1.29, 1.82) is 0 Å². The molecule has 0 aromatic rings. The van der Waals surface area contributed by atoms with Gasteiger partial charge in [0.25, 0.3) is 0 Å². The largest absolute Gasteiger partial charge is 0.477 e. The number of hydrogen-bond acceptors (Lipinski definition) is 5. The van der Waals surface area contributed by atoms with Crippen LogP contribution in [0.15, 0.2) is 0 Å². The first kappa shape index (κ1) is 14.9. The molecule has 2 aliphatic carbocycles. The van der Waals surface area contributed by atoms with Crippen LogP contribution in [0.1, 0.15) is 6.42 Å². The second-order valence-corrected chi connectivity index (χ2v) is 7.02. The summed E-state index contributed by atoms with van der Waals surface area (Å²) in [4.78, 5) is 34.1. The topological polar surface area (TPSA) is 89.9 Å². The lowest BCUT2D eigenvalue weighted by Crippen LogP contribution is -2.41. The van der Waals surface area contributed by atoms with Gasteiger partial charge in [-0.15, -0.1) is 0 Å². The summed E-state index contributed by atoms with van der Waals surface area (Å²) in [7, 11) is 0. The molecule has 0 radical (unpaired) electrons. The van der Waals surface area contributed by atoms with E-state index in [2.05, 4.69) is 27.3 Å². The second kappa shape index (κ2) is 4.75. The lowest BCUT2D eigenvalue weighted by atomic mass is 9.80. The van der Waals surface area contributed by atoms with Gasteiger partial charge in [0, 0.05) is 5.92 Å². The first-order valence-electron chi connectivity index (χ1n) is 6.36. The fraction of sp³-hybridized carbons (Fsp3) is 0.750. The smallest absolute Gasteiger partial charge is 0.378 e. The SMILES string of the molecule is O=C(OCC(F)(F)C(=O)O)C1C2CC3C(OC(=O)C31)C2I. The molecule has 0 aromatic heterocycles. The first-order valence-corrected chi connectivity index (χ1v) is 7.61. The lowest BCUT2D eigenvalue weighted by Gasteiger charge is -2.27. The zero-order valence-corrected chi connectivity index (χ0v) is 12.7. The Kier molecular flexibility index (Phi) is 3.37. The van der Waals surface area contributed by atoms with E-state index in [9.17, 15) is 23.2 Å². The Morgan fingerprint density at radius 2 is 2.10 bits per heavy atom. The molecule has 9 heteroatoms. The van der Waals surface area contributed by atoms with Gasteiger partial charge in [-0.2, -0.15) is 8.78 Å². The minimum absolute atomic E-state index is 0.0483. The van der Waals surface area contributed by atoms with Crippen molar-refractivity contribution in [1.82, 2.24) is 0 Å². The summed E-state index contributed by atoms with van der Waals surface area (Å²) in [5, 5.41) is 8.30. The van der Waals surface area contributed by atoms with E-state index in [4.69, 9.17) is 9.84 Å². The summed E-state index contributed by atoms with van der Waals surface area (Å²) in [6, 6.07) is 0. The highest BCUT2D eigenvalue weighted by molar-refractivity contribution is 14.1. The lowest BCUT2D eigenvalue weighted by molar-refractivity contribution is -0.180. The van der Waals surface area contributed by atoms with E-state index in [1.165, 1.54) is 0 Å². The standard InChI is InChI=1S/C12H11F2IO6/c13-12(14,11(18)19)2-20-9(16)5-3-1-4-6(5)10(17)21-8(4)7(3)15/h3-8H,1-2H2,(H,18,19). The molecule has 21 heavy (non-hydrogen) atoms. The number of alkyl halides is 3. The highest BCUT2D eigenvalue weighted by atomic mass is 127. The molecule has 6 atom stereocenters. The summed E-state index contributed by atoms with van der Waals surface area (Å²) in [5.41, 5.74) is 0. The van der Waals surface area contributed by atoms with E-state index in [0.717, 1.165) is 0 Å². The quantitative estimate of drug-likeness (QED) is 0.416. The van der Waals surface area contributed by atoms with Crippen molar-refractivity contribution in [2.75, 3.05) is 6.61 Å². The molecule has 0 spiro atoms. The molecule has 3 aliphatic rings. The fourth-order valence-electron chi connectivity index (χ4n) is 3.61. The van der Waals surface area contributed by atoms with Gasteiger partial charge in [0.05, 0.1) is 15.8 Å². The molecule has 0 aromatic carbocycles. The van der Waals surface area contributed by atoms with Gasteiger partial charge in [-0.05, 0) is 12.3 Å². The summed E-state index contributed by atoms with van der Waals surface area (Å²) >= 11 is 2.10. The second-order valence-electron chi connectivity index (χ2n) is 5.58. The van der Waals surface area contributed by atoms with E-state index in [-0.39, 0.29) is 21.9 Å². The minimum atomic E-state index is -4.13. The molecule has 1 heterocycles. The number of carboxylic acids is 1. The zero-order valence-electron chi connectivity index (χ0n) is 10.5. The molecule has 2 bridgehead atoms. The average molecular weight is 416 g/mol. The van der Waals surface area contributed by atoms with Crippen molar-refractivity contribution in [3.05, 3.63) is 0 Å². The van der Waals surface area contributed by atoms with Crippen molar-refractivity contribution in [2.45, 2.75) is 22.4 Å². The van der Waals surface area contributed by atoms with Crippen molar-refractivity contribution < 1.29 is 37.7 Å². The number of rotatable bonds is 4. The number of carboxylic acid groups (broad SMARTS) is 1. The number of hydrogen-bond donors (Lipinski definition) is 1. The van der Waals surface area contributed by atoms with Crippen molar-refractivity contribution >= 4 is 40.5 Å². The van der Waals surface area contributed by atoms with Gasteiger partial charge in [-0.25, -0.2) is 4.79 Å². The Labute approximate surface area is 131 Å². The van der Waals surface area contributed by atoms with Crippen molar-refractivity contribution in [2.24, 2.45) is 23.7 Å². The van der Waals surface area contributed by atoms with Crippen LogP contribution >= 0.6 is 22.6 Å². The number of halogens is 3. The van der Waals surface area contributed by atoms with Crippen LogP contribution < -0.4 is 0 Å². The number of esters is 2. The normalized spacial score (nSPS) is 40.2. The number of aliphatic carboxylic acids is 1. The average Bonchev–Trinajstić information content (AvgIpc) is 3.00. The van der Waals surface area contributed by atoms with Crippen LogP contribution in [-0.4, -0.2) is 45.6 Å². The fourth-order valence-corrected chi connectivity index (χ4v) is 5.04. The molecular weight excluding hydrogens is 405 g/mol. The van der Waals surface area contributed by atoms with Crippen molar-refractivity contribution in [3.63, 3.8) is 0 Å². The molecule has 1 N–H and O–H groups in total. The van der Waals surface area contributed by atoms with Crippen LogP contribution in [0.2, 0.25) is 0 Å². The summed E-state index contributed by atoms with van der Waals surface area (Å²) < 4.78 is 35.5. The van der Waals surface area contributed by atoms with E-state index < -0.39 is 42.3 Å². The predicted molar refractivity (Wildman–Crippen MR) is 69.8 cm³/mol. The Hall–Kier alpha value is -1.00. The van der Waals surface area contributed by atoms with Gasteiger partial charge < -0.3 is 14.6 Å². The summed E-state index contributed by atoms with van der Waals surface area (Å²) in [6.07, 6.45) is 0.418. The number of ether oxygens (including phenoxy) is 2. The van der Waals surface area contributed by atoms with Crippen molar-refractivity contribution in [3.8, 4) is 0 Å². The molecule has 1 saturated heterocycles. The van der Waals surface area contributed by atoms with Crippen LogP contribution in [0.25, 0.3) is 0 Å². The molecule has 116 valence electrons. The molecule has 1 aliphatic heterocycles. The molecular formula is C12H11F2IO6. The zero-order chi connectivity index (χ0) is 15.5. The first-order chi connectivity index (χ1) is 9.74. The van der Waals surface area contributed by atoms with E-state index in [0.29, 0.717) is 6.42 Å². The molecule has 3 fully saturated rings. The van der Waals surface area contributed by atoms with Crippen LogP contribution in [-0.2, 0) is 23.9 Å². The summed E-state index contributed by atoms with van der Waals surface area (Å²) in [6.45, 7) is -1.52. The van der Waals surface area contributed by atoms with Gasteiger partial charge in [0.2, 0.25) is 0 Å². The van der Waals surface area contributed by atoms with Crippen LogP contribution in [0.4, 0.5) is 8.78 Å². The maximum Gasteiger partial charge on any atom is 0.378 e. The predicted octanol–water partition coefficient (Wildman–Crippen LogP) is 0.861. The Morgan fingerprint density at radius 3 is 2.71 bits per heavy atom. The van der Waals surface area contributed by atoms with E-state index in [1.807, 2.05) is 0 Å². The Bertz CT molecular complexity index is 524. The minimum Gasteiger partial charge on any atom is -0.477 e. The molecule has 6 unspecified atom stereocenters. The maximum absolute atomic E-state index is 13.0. The number of carbonyl (C=O) groups is 3. The van der Waals surface area contributed by atoms with Gasteiger partial charge in [0.15, 0.2) is 6.61 Å². The number of fused-ring (bicyclic) bond motifs is 1. The van der Waals surface area contributed by atoms with Gasteiger partial charge in [-0.1, -0.05) is 22.6 Å². The van der Waals surface area contributed by atoms with E-state index >= 15 is 0 Å². The van der Waals surface area contributed by atoms with Crippen LogP contribution in [0.5, 0.6) is 0 Å². The van der Waals surface area contributed by atoms with Gasteiger partial charge in [-0.3, -0.25) is 9.59 Å². The molecule has 0 amide bonds. The van der Waals surface area contributed by atoms with Crippen LogP contribution in [0.3, 0.4) is 0 Å². The van der Waals surface area contributed by atoms with Gasteiger partial charge >= 0.3 is 23.8 Å². The monoisotopic (exact) mass is 416 g/mol. The molecule has 3 rings (SSSR count). The highest BCUT2D eigenvalue weighted by Crippen LogP contribution is 2.60. The molecule has 2 saturated carbocycles. The Morgan fingerprint density at radius 1 is 1.43 bits per heavy atom.